The Kier molecular flexibility index (Phi) is 6.57. The fourth-order valence-corrected chi connectivity index (χ4v) is 5.31. The standard InChI is InChI=1S/C20H26N4O4S2/c25-30(26,24-9-12-27-13-10-24)17-5-6-19(23-7-1-2-8-23)18(14-17)22-20(29)21-15-16-4-3-11-28-16/h3-6,11,14H,1-2,7-10,12-13,15H2,(H2,21,22,29). The van der Waals surface area contributed by atoms with Gasteiger partial charge in [-0.1, -0.05) is 0 Å². The number of sulfonamides is 1. The van der Waals surface area contributed by atoms with Crippen LogP contribution < -0.4 is 15.5 Å². The summed E-state index contributed by atoms with van der Waals surface area (Å²) in [6.07, 6.45) is 3.85. The van der Waals surface area contributed by atoms with Gasteiger partial charge in [0.2, 0.25) is 10.0 Å². The van der Waals surface area contributed by atoms with Crippen LogP contribution in [0.25, 0.3) is 0 Å². The van der Waals surface area contributed by atoms with Gasteiger partial charge in [0.05, 0.1) is 42.3 Å². The van der Waals surface area contributed by atoms with Gasteiger partial charge in [0.1, 0.15) is 5.76 Å². The number of ether oxygens (including phenoxy) is 1. The van der Waals surface area contributed by atoms with Crippen molar-refractivity contribution in [1.82, 2.24) is 9.62 Å². The highest BCUT2D eigenvalue weighted by Gasteiger charge is 2.28. The van der Waals surface area contributed by atoms with E-state index in [0.29, 0.717) is 43.6 Å². The van der Waals surface area contributed by atoms with Gasteiger partial charge >= 0.3 is 0 Å². The van der Waals surface area contributed by atoms with Gasteiger partial charge in [0, 0.05) is 26.2 Å². The number of morpholine rings is 1. The van der Waals surface area contributed by atoms with E-state index < -0.39 is 10.0 Å². The Bertz CT molecular complexity index is 967. The number of benzene rings is 1. The first-order valence-corrected chi connectivity index (χ1v) is 11.9. The van der Waals surface area contributed by atoms with Crippen molar-refractivity contribution < 1.29 is 17.6 Å². The van der Waals surface area contributed by atoms with Crippen LogP contribution in [0.5, 0.6) is 0 Å². The van der Waals surface area contributed by atoms with Gasteiger partial charge in [-0.05, 0) is 55.4 Å². The summed E-state index contributed by atoms with van der Waals surface area (Å²) in [6, 6.07) is 8.91. The molecule has 162 valence electrons. The van der Waals surface area contributed by atoms with Crippen LogP contribution in [-0.2, 0) is 21.3 Å². The normalized spacial score (nSPS) is 17.8. The van der Waals surface area contributed by atoms with Crippen molar-refractivity contribution in [3.05, 3.63) is 42.4 Å². The summed E-state index contributed by atoms with van der Waals surface area (Å²) in [5.74, 6) is 0.766. The predicted molar refractivity (Wildman–Crippen MR) is 119 cm³/mol. The monoisotopic (exact) mass is 450 g/mol. The van der Waals surface area contributed by atoms with Gasteiger partial charge < -0.3 is 24.7 Å². The second-order valence-electron chi connectivity index (χ2n) is 7.28. The molecule has 2 aromatic rings. The summed E-state index contributed by atoms with van der Waals surface area (Å²) >= 11 is 5.45. The van der Waals surface area contributed by atoms with Crippen molar-refractivity contribution in [3.8, 4) is 0 Å². The fraction of sp³-hybridized carbons (Fsp3) is 0.450. The minimum Gasteiger partial charge on any atom is -0.467 e. The van der Waals surface area contributed by atoms with E-state index in [1.54, 1.807) is 18.4 Å². The molecule has 0 aliphatic carbocycles. The molecule has 8 nitrogen and oxygen atoms in total. The average Bonchev–Trinajstić information content (AvgIpc) is 3.47. The number of furan rings is 1. The van der Waals surface area contributed by atoms with Crippen LogP contribution in [0.1, 0.15) is 18.6 Å². The zero-order valence-corrected chi connectivity index (χ0v) is 18.3. The summed E-state index contributed by atoms with van der Waals surface area (Å²) < 4.78 is 38.3. The Morgan fingerprint density at radius 2 is 1.87 bits per heavy atom. The van der Waals surface area contributed by atoms with E-state index in [4.69, 9.17) is 21.4 Å². The highest BCUT2D eigenvalue weighted by molar-refractivity contribution is 7.89. The third-order valence-electron chi connectivity index (χ3n) is 5.27. The quantitative estimate of drug-likeness (QED) is 0.649. The molecule has 2 N–H and O–H groups in total. The highest BCUT2D eigenvalue weighted by atomic mass is 32.2. The smallest absolute Gasteiger partial charge is 0.243 e. The van der Waals surface area contributed by atoms with Crippen LogP contribution in [0, 0.1) is 0 Å². The van der Waals surface area contributed by atoms with Crippen LogP contribution in [-0.4, -0.2) is 57.2 Å². The maximum absolute atomic E-state index is 13.1. The fourth-order valence-electron chi connectivity index (χ4n) is 3.69. The summed E-state index contributed by atoms with van der Waals surface area (Å²) in [7, 11) is -3.59. The molecule has 2 saturated heterocycles. The lowest BCUT2D eigenvalue weighted by Gasteiger charge is -2.27. The van der Waals surface area contributed by atoms with Crippen LogP contribution in [0.3, 0.4) is 0 Å². The predicted octanol–water partition coefficient (Wildman–Crippen LogP) is 2.39. The molecule has 30 heavy (non-hydrogen) atoms. The third kappa shape index (κ3) is 4.77. The average molecular weight is 451 g/mol. The molecule has 0 bridgehead atoms. The van der Waals surface area contributed by atoms with Crippen molar-refractivity contribution >= 4 is 38.7 Å². The molecular weight excluding hydrogens is 424 g/mol. The van der Waals surface area contributed by atoms with Crippen molar-refractivity contribution in [3.63, 3.8) is 0 Å². The Morgan fingerprint density at radius 1 is 1.10 bits per heavy atom. The Balaban J connectivity index is 1.56. The summed E-state index contributed by atoms with van der Waals surface area (Å²) in [4.78, 5) is 2.51. The van der Waals surface area contributed by atoms with Gasteiger partial charge in [-0.25, -0.2) is 8.42 Å². The number of thiocarbonyl (C=S) groups is 1. The van der Waals surface area contributed by atoms with Gasteiger partial charge in [0.25, 0.3) is 0 Å². The second-order valence-corrected chi connectivity index (χ2v) is 9.62. The van der Waals surface area contributed by atoms with Crippen LogP contribution in [0.2, 0.25) is 0 Å². The van der Waals surface area contributed by atoms with Gasteiger partial charge in [0.15, 0.2) is 5.11 Å². The van der Waals surface area contributed by atoms with Crippen LogP contribution in [0.4, 0.5) is 11.4 Å². The minimum atomic E-state index is -3.59. The molecule has 2 aliphatic heterocycles. The molecule has 0 radical (unpaired) electrons. The molecule has 3 heterocycles. The lowest BCUT2D eigenvalue weighted by molar-refractivity contribution is 0.0730. The maximum atomic E-state index is 13.1. The molecule has 1 aromatic heterocycles. The van der Waals surface area contributed by atoms with Gasteiger partial charge in [-0.2, -0.15) is 4.31 Å². The van der Waals surface area contributed by atoms with Crippen molar-refractivity contribution in [2.75, 3.05) is 49.6 Å². The molecule has 1 aromatic carbocycles. The molecule has 4 rings (SSSR count). The van der Waals surface area contributed by atoms with E-state index in [-0.39, 0.29) is 4.90 Å². The number of hydrogen-bond acceptors (Lipinski definition) is 6. The first-order chi connectivity index (χ1) is 14.5. The van der Waals surface area contributed by atoms with E-state index in [9.17, 15) is 8.42 Å². The van der Waals surface area contributed by atoms with E-state index in [1.807, 2.05) is 18.2 Å². The number of nitrogens with zero attached hydrogens (tertiary/aromatic N) is 2. The molecule has 2 aliphatic rings. The van der Waals surface area contributed by atoms with E-state index in [0.717, 1.165) is 37.4 Å². The molecule has 0 unspecified atom stereocenters. The third-order valence-corrected chi connectivity index (χ3v) is 7.42. The number of anilines is 2. The van der Waals surface area contributed by atoms with Crippen LogP contribution in [0.15, 0.2) is 45.9 Å². The summed E-state index contributed by atoms with van der Waals surface area (Å²) in [5, 5.41) is 6.71. The molecular formula is C20H26N4O4S2. The van der Waals surface area contributed by atoms with Crippen LogP contribution >= 0.6 is 12.2 Å². The molecule has 0 spiro atoms. The SMILES string of the molecule is O=S(=O)(c1ccc(N2CCCC2)c(NC(=S)NCc2ccco2)c1)N1CCOCC1. The Morgan fingerprint density at radius 3 is 2.57 bits per heavy atom. The Labute approximate surface area is 182 Å². The number of rotatable bonds is 6. The van der Waals surface area contributed by atoms with E-state index in [2.05, 4.69) is 15.5 Å². The zero-order valence-electron chi connectivity index (χ0n) is 16.7. The van der Waals surface area contributed by atoms with Crippen molar-refractivity contribution in [2.45, 2.75) is 24.3 Å². The van der Waals surface area contributed by atoms with Crippen molar-refractivity contribution in [1.29, 1.82) is 0 Å². The first kappa shape index (κ1) is 21.1. The molecule has 0 saturated carbocycles. The lowest BCUT2D eigenvalue weighted by Crippen LogP contribution is -2.40. The zero-order chi connectivity index (χ0) is 21.0. The number of nitrogens with one attached hydrogen (secondary N) is 2. The van der Waals surface area contributed by atoms with Gasteiger partial charge in [-0.15, -0.1) is 0 Å². The molecule has 2 fully saturated rings. The summed E-state index contributed by atoms with van der Waals surface area (Å²) in [6.45, 7) is 3.88. The Hall–Kier alpha value is -2.14. The number of hydrogen-bond donors (Lipinski definition) is 2. The summed E-state index contributed by atoms with van der Waals surface area (Å²) in [5.41, 5.74) is 1.64. The topological polar surface area (TPSA) is 87.1 Å². The largest absolute Gasteiger partial charge is 0.467 e. The molecule has 0 atom stereocenters. The van der Waals surface area contributed by atoms with Gasteiger partial charge in [-0.3, -0.25) is 0 Å². The highest BCUT2D eigenvalue weighted by Crippen LogP contribution is 2.32. The minimum absolute atomic E-state index is 0.253. The van der Waals surface area contributed by atoms with E-state index in [1.165, 1.54) is 4.31 Å². The first-order valence-electron chi connectivity index (χ1n) is 10.1. The molecule has 10 heteroatoms. The maximum Gasteiger partial charge on any atom is 0.243 e. The van der Waals surface area contributed by atoms with Crippen molar-refractivity contribution in [2.24, 2.45) is 0 Å². The second kappa shape index (κ2) is 9.34. The molecule has 0 amide bonds. The lowest BCUT2D eigenvalue weighted by atomic mass is 10.2. The van der Waals surface area contributed by atoms with E-state index >= 15 is 0 Å².